The van der Waals surface area contributed by atoms with E-state index in [1.807, 2.05) is 6.07 Å². The van der Waals surface area contributed by atoms with Crippen LogP contribution in [0.5, 0.6) is 0 Å². The van der Waals surface area contributed by atoms with Crippen LogP contribution in [-0.2, 0) is 16.4 Å². The molecule has 5 rings (SSSR count). The highest BCUT2D eigenvalue weighted by atomic mass is 32.2. The van der Waals surface area contributed by atoms with Crippen molar-refractivity contribution in [2.24, 2.45) is 0 Å². The van der Waals surface area contributed by atoms with Gasteiger partial charge in [-0.2, -0.15) is 0 Å². The van der Waals surface area contributed by atoms with Crippen LogP contribution in [0.1, 0.15) is 40.2 Å². The third-order valence-corrected chi connectivity index (χ3v) is 7.78. The van der Waals surface area contributed by atoms with Gasteiger partial charge in [0, 0.05) is 36.4 Å². The Labute approximate surface area is 219 Å². The quantitative estimate of drug-likeness (QED) is 0.280. The summed E-state index contributed by atoms with van der Waals surface area (Å²) < 4.78 is 47.4. The number of anilines is 3. The SMILES string of the molecule is CNC(=O)c1c(-c2ccc(F)cc2)oc2cc(N(c3ccc(N)c(CCO)c3)S(C)(=O)=O)c(C3CC3)cc12. The molecule has 0 radical (unpaired) electrons. The van der Waals surface area contributed by atoms with Crippen molar-refractivity contribution in [3.63, 3.8) is 0 Å². The number of amides is 1. The molecule has 1 aromatic heterocycles. The number of nitrogens with one attached hydrogen (secondary N) is 1. The first-order valence-corrected chi connectivity index (χ1v) is 14.0. The molecule has 1 aliphatic rings. The normalized spacial score (nSPS) is 13.6. The Morgan fingerprint density at radius 2 is 1.87 bits per heavy atom. The number of halogens is 1. The van der Waals surface area contributed by atoms with E-state index in [0.717, 1.165) is 24.7 Å². The average molecular weight is 538 g/mol. The molecule has 0 aliphatic heterocycles. The highest BCUT2D eigenvalue weighted by molar-refractivity contribution is 7.92. The predicted molar refractivity (Wildman–Crippen MR) is 146 cm³/mol. The summed E-state index contributed by atoms with van der Waals surface area (Å²) >= 11 is 0. The van der Waals surface area contributed by atoms with Gasteiger partial charge in [0.15, 0.2) is 0 Å². The van der Waals surface area contributed by atoms with Crippen molar-refractivity contribution in [3.8, 4) is 11.3 Å². The van der Waals surface area contributed by atoms with Gasteiger partial charge >= 0.3 is 0 Å². The summed E-state index contributed by atoms with van der Waals surface area (Å²) in [5, 5.41) is 12.6. The van der Waals surface area contributed by atoms with Crippen molar-refractivity contribution in [1.82, 2.24) is 5.32 Å². The summed E-state index contributed by atoms with van der Waals surface area (Å²) in [6.07, 6.45) is 3.16. The third-order valence-electron chi connectivity index (χ3n) is 6.71. The second kappa shape index (κ2) is 9.77. The van der Waals surface area contributed by atoms with Gasteiger partial charge in [-0.25, -0.2) is 17.1 Å². The van der Waals surface area contributed by atoms with Crippen LogP contribution in [0.3, 0.4) is 0 Å². The summed E-state index contributed by atoms with van der Waals surface area (Å²) in [7, 11) is -2.31. The first-order chi connectivity index (χ1) is 18.1. The van der Waals surface area contributed by atoms with Crippen molar-refractivity contribution in [2.45, 2.75) is 25.2 Å². The summed E-state index contributed by atoms with van der Waals surface area (Å²) in [5.41, 5.74) is 9.86. The summed E-state index contributed by atoms with van der Waals surface area (Å²) in [5.74, 6) is -0.407. The monoisotopic (exact) mass is 537 g/mol. The number of nitrogens with zero attached hydrogens (tertiary/aromatic N) is 1. The number of benzene rings is 3. The minimum atomic E-state index is -3.83. The standard InChI is InChI=1S/C28H28FN3O5S/c1-31-28(34)26-22-14-21(16-3-4-16)24(15-25(22)37-27(26)17-5-7-19(29)8-6-17)32(38(2,35)36)20-9-10-23(30)18(13-20)11-12-33/h5-10,13-16,33H,3-4,11-12,30H2,1-2H3,(H,31,34). The van der Waals surface area contributed by atoms with Crippen molar-refractivity contribution in [3.05, 3.63) is 77.1 Å². The maximum absolute atomic E-state index is 13.6. The Balaban J connectivity index is 1.78. The number of aliphatic hydroxyl groups is 1. The van der Waals surface area contributed by atoms with E-state index in [-0.39, 0.29) is 30.6 Å². The minimum Gasteiger partial charge on any atom is -0.455 e. The number of fused-ring (bicyclic) bond motifs is 1. The lowest BCUT2D eigenvalue weighted by Crippen LogP contribution is -2.26. The summed E-state index contributed by atoms with van der Waals surface area (Å²) in [6, 6.07) is 14.0. The zero-order valence-electron chi connectivity index (χ0n) is 21.0. The van der Waals surface area contributed by atoms with Gasteiger partial charge in [0.1, 0.15) is 17.2 Å². The Hall–Kier alpha value is -3.89. The van der Waals surface area contributed by atoms with Gasteiger partial charge in [0.25, 0.3) is 5.91 Å². The largest absolute Gasteiger partial charge is 0.455 e. The lowest BCUT2D eigenvalue weighted by atomic mass is 10.00. The molecule has 0 atom stereocenters. The van der Waals surface area contributed by atoms with E-state index in [0.29, 0.717) is 44.7 Å². The Bertz CT molecular complexity index is 1640. The third kappa shape index (κ3) is 4.72. The van der Waals surface area contributed by atoms with E-state index in [4.69, 9.17) is 10.2 Å². The summed E-state index contributed by atoms with van der Waals surface area (Å²) in [6.45, 7) is -0.132. The Morgan fingerprint density at radius 3 is 2.47 bits per heavy atom. The van der Waals surface area contributed by atoms with E-state index in [9.17, 15) is 22.7 Å². The second-order valence-electron chi connectivity index (χ2n) is 9.46. The molecule has 3 aromatic carbocycles. The molecule has 1 heterocycles. The Morgan fingerprint density at radius 1 is 1.16 bits per heavy atom. The smallest absolute Gasteiger partial charge is 0.255 e. The minimum absolute atomic E-state index is 0.117. The molecule has 1 amide bonds. The van der Waals surface area contributed by atoms with Gasteiger partial charge in [-0.1, -0.05) is 0 Å². The van der Waals surface area contributed by atoms with Crippen molar-refractivity contribution >= 4 is 44.0 Å². The molecule has 0 saturated heterocycles. The molecule has 1 saturated carbocycles. The molecular formula is C28H28FN3O5S. The number of carbonyl (C=O) groups excluding carboxylic acids is 1. The zero-order valence-corrected chi connectivity index (χ0v) is 21.8. The van der Waals surface area contributed by atoms with Gasteiger partial charge in [-0.05, 0) is 84.8 Å². The van der Waals surface area contributed by atoms with Crippen LogP contribution >= 0.6 is 0 Å². The lowest BCUT2D eigenvalue weighted by Gasteiger charge is -2.26. The van der Waals surface area contributed by atoms with E-state index in [1.165, 1.54) is 35.6 Å². The molecule has 1 aliphatic carbocycles. The van der Waals surface area contributed by atoms with Crippen molar-refractivity contribution in [2.75, 3.05) is 29.9 Å². The van der Waals surface area contributed by atoms with Crippen LogP contribution in [0.25, 0.3) is 22.3 Å². The molecule has 0 spiro atoms. The number of carbonyl (C=O) groups is 1. The second-order valence-corrected chi connectivity index (χ2v) is 11.3. The van der Waals surface area contributed by atoms with Gasteiger partial charge in [0.2, 0.25) is 10.0 Å². The number of hydrogen-bond acceptors (Lipinski definition) is 6. The summed E-state index contributed by atoms with van der Waals surface area (Å²) in [4.78, 5) is 13.0. The zero-order chi connectivity index (χ0) is 27.2. The van der Waals surface area contributed by atoms with Gasteiger partial charge in [0.05, 0.1) is 23.2 Å². The first-order valence-electron chi connectivity index (χ1n) is 12.2. The maximum Gasteiger partial charge on any atom is 0.255 e. The van der Waals surface area contributed by atoms with Gasteiger partial charge < -0.3 is 20.6 Å². The fourth-order valence-electron chi connectivity index (χ4n) is 4.77. The topological polar surface area (TPSA) is 126 Å². The fourth-order valence-corrected chi connectivity index (χ4v) is 5.78. The van der Waals surface area contributed by atoms with E-state index < -0.39 is 15.8 Å². The molecule has 4 aromatic rings. The van der Waals surface area contributed by atoms with Gasteiger partial charge in [-0.15, -0.1) is 0 Å². The first kappa shape index (κ1) is 25.7. The molecule has 1 fully saturated rings. The molecule has 198 valence electrons. The highest BCUT2D eigenvalue weighted by Gasteiger charge is 2.34. The van der Waals surface area contributed by atoms with Gasteiger partial charge in [-0.3, -0.25) is 4.79 Å². The molecule has 0 bridgehead atoms. The van der Waals surface area contributed by atoms with Crippen molar-refractivity contribution < 1.29 is 27.1 Å². The van der Waals surface area contributed by atoms with Crippen LogP contribution in [0, 0.1) is 5.82 Å². The van der Waals surface area contributed by atoms with Crippen LogP contribution < -0.4 is 15.4 Å². The van der Waals surface area contributed by atoms with E-state index in [2.05, 4.69) is 5.32 Å². The number of hydrogen-bond donors (Lipinski definition) is 3. The van der Waals surface area contributed by atoms with Crippen LogP contribution in [-0.4, -0.2) is 39.3 Å². The van der Waals surface area contributed by atoms with Crippen LogP contribution in [0.4, 0.5) is 21.5 Å². The molecular weight excluding hydrogens is 509 g/mol. The number of aliphatic hydroxyl groups excluding tert-OH is 1. The molecule has 4 N–H and O–H groups in total. The number of nitrogen functional groups attached to an aromatic ring is 1. The number of sulfonamides is 1. The van der Waals surface area contributed by atoms with E-state index in [1.54, 1.807) is 24.3 Å². The molecule has 38 heavy (non-hydrogen) atoms. The van der Waals surface area contributed by atoms with Crippen LogP contribution in [0.15, 0.2) is 59.0 Å². The average Bonchev–Trinajstić information content (AvgIpc) is 3.65. The number of furan rings is 1. The number of rotatable bonds is 8. The Kier molecular flexibility index (Phi) is 6.62. The molecule has 0 unspecified atom stereocenters. The van der Waals surface area contributed by atoms with E-state index >= 15 is 0 Å². The molecule has 8 nitrogen and oxygen atoms in total. The highest BCUT2D eigenvalue weighted by Crippen LogP contribution is 2.49. The fraction of sp³-hybridized carbons (Fsp3) is 0.250. The lowest BCUT2D eigenvalue weighted by molar-refractivity contribution is 0.0964. The van der Waals surface area contributed by atoms with Crippen LogP contribution in [0.2, 0.25) is 0 Å². The molecule has 10 heteroatoms. The van der Waals surface area contributed by atoms with Crippen molar-refractivity contribution in [1.29, 1.82) is 0 Å². The number of nitrogens with two attached hydrogens (primary N) is 1. The predicted octanol–water partition coefficient (Wildman–Crippen LogP) is 4.69. The maximum atomic E-state index is 13.6.